The molecule has 8 nitrogen and oxygen atoms in total. The molecule has 5 rings (SSSR count). The van der Waals surface area contributed by atoms with Gasteiger partial charge >= 0.3 is 12.1 Å². The van der Waals surface area contributed by atoms with E-state index in [4.69, 9.17) is 23.7 Å². The molecule has 194 valence electrons. The Bertz CT molecular complexity index is 1280. The molecule has 8 heteroatoms. The highest BCUT2D eigenvalue weighted by molar-refractivity contribution is 5.96. The fourth-order valence-corrected chi connectivity index (χ4v) is 4.93. The van der Waals surface area contributed by atoms with Gasteiger partial charge in [0.05, 0.1) is 24.2 Å². The van der Waals surface area contributed by atoms with Crippen molar-refractivity contribution in [3.63, 3.8) is 0 Å². The van der Waals surface area contributed by atoms with Gasteiger partial charge in [-0.25, -0.2) is 9.59 Å². The van der Waals surface area contributed by atoms with Crippen molar-refractivity contribution in [3.05, 3.63) is 83.1 Å². The fraction of sp³-hybridized carbons (Fsp3) is 0.379. The van der Waals surface area contributed by atoms with Crippen molar-refractivity contribution in [3.8, 4) is 11.5 Å². The molecule has 0 aromatic heterocycles. The molecule has 2 aromatic carbocycles. The quantitative estimate of drug-likeness (QED) is 0.340. The van der Waals surface area contributed by atoms with E-state index in [1.54, 1.807) is 13.2 Å². The molecule has 1 N–H and O–H groups in total. The molecular formula is C29H31NO7. The van der Waals surface area contributed by atoms with Crippen LogP contribution in [0.4, 0.5) is 4.79 Å². The van der Waals surface area contributed by atoms with Gasteiger partial charge in [0.2, 0.25) is 0 Å². The van der Waals surface area contributed by atoms with Gasteiger partial charge in [-0.1, -0.05) is 30.4 Å². The van der Waals surface area contributed by atoms with Crippen molar-refractivity contribution >= 4 is 12.1 Å². The van der Waals surface area contributed by atoms with Crippen molar-refractivity contribution in [2.24, 2.45) is 5.92 Å². The highest BCUT2D eigenvalue weighted by Crippen LogP contribution is 2.56. The smallest absolute Gasteiger partial charge is 0.407 e. The molecule has 0 radical (unpaired) electrons. The van der Waals surface area contributed by atoms with E-state index in [0.717, 1.165) is 11.1 Å². The Morgan fingerprint density at radius 3 is 2.70 bits per heavy atom. The third-order valence-electron chi connectivity index (χ3n) is 6.48. The van der Waals surface area contributed by atoms with E-state index < -0.39 is 17.3 Å². The van der Waals surface area contributed by atoms with Gasteiger partial charge in [-0.2, -0.15) is 0 Å². The minimum Gasteiger partial charge on any atom is -0.493 e. The third-order valence-corrected chi connectivity index (χ3v) is 6.48. The molecule has 0 fully saturated rings. The Balaban J connectivity index is 1.37. The van der Waals surface area contributed by atoms with Crippen LogP contribution in [0.1, 0.15) is 48.7 Å². The lowest BCUT2D eigenvalue weighted by molar-refractivity contribution is -0.0158. The number of hydrogen-bond acceptors (Lipinski definition) is 7. The van der Waals surface area contributed by atoms with E-state index in [-0.39, 0.29) is 18.0 Å². The summed E-state index contributed by atoms with van der Waals surface area (Å²) < 4.78 is 29.2. The summed E-state index contributed by atoms with van der Waals surface area (Å²) in [4.78, 5) is 24.7. The lowest BCUT2D eigenvalue weighted by Gasteiger charge is -2.43. The maximum absolute atomic E-state index is 12.9. The first-order valence-corrected chi connectivity index (χ1v) is 12.4. The molecule has 0 bridgehead atoms. The number of methoxy groups -OCH3 is 1. The number of esters is 1. The molecule has 2 heterocycles. The number of rotatable bonds is 6. The SMILES string of the molecule is COC1C=CC2C(=C1)Oc1cc(OCCCNC(=O)OC(C)(C)C)ccc1C21OC(=O)c2ccccc21. The molecule has 1 spiro atoms. The number of carbonyl (C=O) groups excluding carboxylic acids is 2. The van der Waals surface area contributed by atoms with Gasteiger partial charge < -0.3 is 29.0 Å². The Morgan fingerprint density at radius 2 is 1.92 bits per heavy atom. The van der Waals surface area contributed by atoms with Crippen LogP contribution in [0.25, 0.3) is 0 Å². The van der Waals surface area contributed by atoms with Crippen molar-refractivity contribution in [2.75, 3.05) is 20.3 Å². The Labute approximate surface area is 216 Å². The number of ether oxygens (including phenoxy) is 5. The first kappa shape index (κ1) is 24.9. The van der Waals surface area contributed by atoms with E-state index in [2.05, 4.69) is 5.32 Å². The molecule has 1 aliphatic carbocycles. The maximum Gasteiger partial charge on any atom is 0.407 e. The summed E-state index contributed by atoms with van der Waals surface area (Å²) in [5.41, 5.74) is 0.532. The van der Waals surface area contributed by atoms with Crippen molar-refractivity contribution in [2.45, 2.75) is 44.5 Å². The Morgan fingerprint density at radius 1 is 1.11 bits per heavy atom. The number of benzene rings is 2. The minimum atomic E-state index is -1.04. The molecule has 3 aliphatic rings. The van der Waals surface area contributed by atoms with Gasteiger partial charge in [-0.3, -0.25) is 0 Å². The second-order valence-electron chi connectivity index (χ2n) is 10.2. The number of hydrogen-bond donors (Lipinski definition) is 1. The molecule has 2 aliphatic heterocycles. The zero-order chi connectivity index (χ0) is 26.2. The summed E-state index contributed by atoms with van der Waals surface area (Å²) in [5.74, 6) is 1.14. The van der Waals surface area contributed by atoms with Crippen LogP contribution in [0.2, 0.25) is 0 Å². The van der Waals surface area contributed by atoms with E-state index in [1.807, 2.05) is 75.4 Å². The van der Waals surface area contributed by atoms with Gasteiger partial charge in [-0.05, 0) is 51.5 Å². The largest absolute Gasteiger partial charge is 0.493 e. The Hall–Kier alpha value is -3.78. The minimum absolute atomic E-state index is 0.242. The third kappa shape index (κ3) is 4.69. The zero-order valence-electron chi connectivity index (χ0n) is 21.4. The number of nitrogens with one attached hydrogen (secondary N) is 1. The summed E-state index contributed by atoms with van der Waals surface area (Å²) in [6.07, 6.45) is 5.74. The van der Waals surface area contributed by atoms with Crippen LogP contribution in [-0.4, -0.2) is 44.0 Å². The predicted octanol–water partition coefficient (Wildman–Crippen LogP) is 4.87. The fourth-order valence-electron chi connectivity index (χ4n) is 4.93. The van der Waals surface area contributed by atoms with E-state index >= 15 is 0 Å². The molecule has 3 unspecified atom stereocenters. The molecular weight excluding hydrogens is 474 g/mol. The molecule has 0 saturated heterocycles. The molecule has 1 amide bonds. The number of fused-ring (bicyclic) bond motifs is 6. The van der Waals surface area contributed by atoms with Crippen molar-refractivity contribution < 1.29 is 33.3 Å². The molecule has 3 atom stereocenters. The van der Waals surface area contributed by atoms with E-state index in [9.17, 15) is 9.59 Å². The monoisotopic (exact) mass is 505 g/mol. The van der Waals surface area contributed by atoms with Crippen LogP contribution in [-0.2, 0) is 19.8 Å². The summed E-state index contributed by atoms with van der Waals surface area (Å²) in [7, 11) is 1.63. The van der Waals surface area contributed by atoms with Gasteiger partial charge in [0, 0.05) is 30.8 Å². The van der Waals surface area contributed by atoms with Crippen LogP contribution in [0, 0.1) is 5.92 Å². The molecule has 37 heavy (non-hydrogen) atoms. The summed E-state index contributed by atoms with van der Waals surface area (Å²) in [5, 5.41) is 2.72. The van der Waals surface area contributed by atoms with Gasteiger partial charge in [-0.15, -0.1) is 0 Å². The van der Waals surface area contributed by atoms with Gasteiger partial charge in [0.25, 0.3) is 0 Å². The average Bonchev–Trinajstić information content (AvgIpc) is 3.15. The van der Waals surface area contributed by atoms with Crippen LogP contribution < -0.4 is 14.8 Å². The predicted molar refractivity (Wildman–Crippen MR) is 136 cm³/mol. The van der Waals surface area contributed by atoms with Crippen LogP contribution in [0.3, 0.4) is 0 Å². The van der Waals surface area contributed by atoms with Crippen LogP contribution in [0.15, 0.2) is 66.5 Å². The maximum atomic E-state index is 12.9. The first-order chi connectivity index (χ1) is 17.7. The summed E-state index contributed by atoms with van der Waals surface area (Å²) >= 11 is 0. The first-order valence-electron chi connectivity index (χ1n) is 12.4. The van der Waals surface area contributed by atoms with Crippen LogP contribution >= 0.6 is 0 Å². The molecule has 2 aromatic rings. The van der Waals surface area contributed by atoms with Crippen LogP contribution in [0.5, 0.6) is 11.5 Å². The van der Waals surface area contributed by atoms with Gasteiger partial charge in [0.15, 0.2) is 5.60 Å². The summed E-state index contributed by atoms with van der Waals surface area (Å²) in [6, 6.07) is 13.0. The number of carbonyl (C=O) groups is 2. The van der Waals surface area contributed by atoms with E-state index in [0.29, 0.717) is 42.4 Å². The average molecular weight is 506 g/mol. The highest BCUT2D eigenvalue weighted by atomic mass is 16.6. The lowest BCUT2D eigenvalue weighted by Crippen LogP contribution is -2.43. The second-order valence-corrected chi connectivity index (χ2v) is 10.2. The zero-order valence-corrected chi connectivity index (χ0v) is 21.4. The number of alkyl carbamates (subject to hydrolysis) is 1. The summed E-state index contributed by atoms with van der Waals surface area (Å²) in [6.45, 7) is 6.27. The van der Waals surface area contributed by atoms with Crippen molar-refractivity contribution in [1.82, 2.24) is 5.32 Å². The van der Waals surface area contributed by atoms with E-state index in [1.165, 1.54) is 0 Å². The van der Waals surface area contributed by atoms with Gasteiger partial charge in [0.1, 0.15) is 22.9 Å². The molecule has 0 saturated carbocycles. The topological polar surface area (TPSA) is 92.3 Å². The standard InChI is InChI=1S/C29H31NO7/c1-28(2,3)37-27(32)30-14-7-15-34-19-11-13-23-25(17-19)35-24-16-18(33-4)10-12-22(24)29(23)21-9-6-5-8-20(21)26(31)36-29/h5-6,8-13,16-18,22H,7,14-15H2,1-4H3,(H,30,32). The normalized spacial score (nSPS) is 23.2. The second kappa shape index (κ2) is 9.59. The highest BCUT2D eigenvalue weighted by Gasteiger charge is 2.57. The number of amides is 1. The lowest BCUT2D eigenvalue weighted by atomic mass is 9.71. The van der Waals surface area contributed by atoms with Crippen molar-refractivity contribution in [1.29, 1.82) is 0 Å². The Kier molecular flexibility index (Phi) is 6.45.